The van der Waals surface area contributed by atoms with Crippen molar-refractivity contribution >= 4 is 22.4 Å². The van der Waals surface area contributed by atoms with E-state index in [1.54, 1.807) is 6.07 Å². The summed E-state index contributed by atoms with van der Waals surface area (Å²) in [6.07, 6.45) is 1.91. The van der Waals surface area contributed by atoms with Gasteiger partial charge in [-0.05, 0) is 31.0 Å². The van der Waals surface area contributed by atoms with E-state index in [9.17, 15) is 10.1 Å². The number of benzene rings is 2. The fourth-order valence-electron chi connectivity index (χ4n) is 3.75. The SMILES string of the molecule is COc1c(C2CCCN2c2ccc3ccccc3n2)cccc1[N+](=O)[O-]. The molecule has 3 aromatic rings. The molecule has 0 spiro atoms. The van der Waals surface area contributed by atoms with E-state index in [4.69, 9.17) is 9.72 Å². The van der Waals surface area contributed by atoms with Gasteiger partial charge in [0.1, 0.15) is 5.82 Å². The second-order valence-corrected chi connectivity index (χ2v) is 6.37. The van der Waals surface area contributed by atoms with Crippen molar-refractivity contribution in [3.8, 4) is 5.75 Å². The molecule has 6 heteroatoms. The Bertz CT molecular complexity index is 973. The molecule has 4 rings (SSSR count). The predicted molar refractivity (Wildman–Crippen MR) is 101 cm³/mol. The van der Waals surface area contributed by atoms with Gasteiger partial charge in [-0.1, -0.05) is 30.3 Å². The third kappa shape index (κ3) is 2.73. The van der Waals surface area contributed by atoms with Gasteiger partial charge in [-0.25, -0.2) is 4.98 Å². The lowest BCUT2D eigenvalue weighted by Crippen LogP contribution is -2.24. The van der Waals surface area contributed by atoms with E-state index < -0.39 is 4.92 Å². The number of pyridine rings is 1. The van der Waals surface area contributed by atoms with Crippen LogP contribution in [-0.4, -0.2) is 23.6 Å². The third-order valence-corrected chi connectivity index (χ3v) is 4.92. The molecule has 0 saturated carbocycles. The zero-order valence-corrected chi connectivity index (χ0v) is 14.5. The topological polar surface area (TPSA) is 68.5 Å². The average molecular weight is 349 g/mol. The normalized spacial score (nSPS) is 16.8. The quantitative estimate of drug-likeness (QED) is 0.513. The lowest BCUT2D eigenvalue weighted by atomic mass is 10.0. The first-order valence-electron chi connectivity index (χ1n) is 8.63. The Hall–Kier alpha value is -3.15. The largest absolute Gasteiger partial charge is 0.490 e. The van der Waals surface area contributed by atoms with Crippen LogP contribution in [0.25, 0.3) is 10.9 Å². The standard InChI is InChI=1S/C20H19N3O3/c1-26-20-15(7-4-9-18(20)23(24)25)17-10-5-13-22(17)19-12-11-14-6-2-3-8-16(14)21-19/h2-4,6-9,11-12,17H,5,10,13H2,1H3. The van der Waals surface area contributed by atoms with Crippen LogP contribution in [0.2, 0.25) is 0 Å². The molecule has 1 fully saturated rings. The molecule has 1 atom stereocenters. The van der Waals surface area contributed by atoms with Crippen molar-refractivity contribution < 1.29 is 9.66 Å². The zero-order chi connectivity index (χ0) is 18.1. The van der Waals surface area contributed by atoms with Gasteiger partial charge >= 0.3 is 5.69 Å². The number of nitrogens with zero attached hydrogens (tertiary/aromatic N) is 3. The molecule has 2 heterocycles. The second kappa shape index (κ2) is 6.63. The fourth-order valence-corrected chi connectivity index (χ4v) is 3.75. The molecule has 1 aliphatic heterocycles. The Labute approximate surface area is 151 Å². The number of nitro benzene ring substituents is 1. The predicted octanol–water partition coefficient (Wildman–Crippen LogP) is 4.49. The molecular formula is C20H19N3O3. The average Bonchev–Trinajstić information content (AvgIpc) is 3.16. The van der Waals surface area contributed by atoms with Crippen LogP contribution in [0.3, 0.4) is 0 Å². The molecule has 2 aromatic carbocycles. The summed E-state index contributed by atoms with van der Waals surface area (Å²) in [5.74, 6) is 1.23. The van der Waals surface area contributed by atoms with Crippen molar-refractivity contribution in [2.24, 2.45) is 0 Å². The molecule has 0 bridgehead atoms. The van der Waals surface area contributed by atoms with Crippen LogP contribution >= 0.6 is 0 Å². The Morgan fingerprint density at radius 1 is 1.15 bits per heavy atom. The molecule has 0 radical (unpaired) electrons. The number of para-hydroxylation sites is 2. The van der Waals surface area contributed by atoms with Crippen molar-refractivity contribution in [3.63, 3.8) is 0 Å². The summed E-state index contributed by atoms with van der Waals surface area (Å²) in [7, 11) is 1.49. The van der Waals surface area contributed by atoms with E-state index in [-0.39, 0.29) is 11.7 Å². The smallest absolute Gasteiger partial charge is 0.311 e. The second-order valence-electron chi connectivity index (χ2n) is 6.37. The van der Waals surface area contributed by atoms with Crippen LogP contribution < -0.4 is 9.64 Å². The van der Waals surface area contributed by atoms with Crippen LogP contribution in [0, 0.1) is 10.1 Å². The van der Waals surface area contributed by atoms with E-state index in [1.165, 1.54) is 13.2 Å². The first-order valence-corrected chi connectivity index (χ1v) is 8.63. The number of anilines is 1. The maximum atomic E-state index is 11.3. The molecule has 0 N–H and O–H groups in total. The van der Waals surface area contributed by atoms with Gasteiger partial charge in [0, 0.05) is 23.6 Å². The van der Waals surface area contributed by atoms with Crippen molar-refractivity contribution in [3.05, 3.63) is 70.3 Å². The van der Waals surface area contributed by atoms with E-state index in [0.29, 0.717) is 5.75 Å². The van der Waals surface area contributed by atoms with Gasteiger partial charge in [0.15, 0.2) is 0 Å². The molecule has 1 unspecified atom stereocenters. The van der Waals surface area contributed by atoms with Crippen molar-refractivity contribution in [1.82, 2.24) is 4.98 Å². The first-order chi connectivity index (χ1) is 12.7. The number of hydrogen-bond acceptors (Lipinski definition) is 5. The van der Waals surface area contributed by atoms with Gasteiger partial charge in [0.2, 0.25) is 5.75 Å². The first kappa shape index (κ1) is 16.3. The van der Waals surface area contributed by atoms with Crippen molar-refractivity contribution in [2.75, 3.05) is 18.6 Å². The lowest BCUT2D eigenvalue weighted by molar-refractivity contribution is -0.385. The lowest BCUT2D eigenvalue weighted by Gasteiger charge is -2.27. The van der Waals surface area contributed by atoms with Gasteiger partial charge in [-0.15, -0.1) is 0 Å². The van der Waals surface area contributed by atoms with Gasteiger partial charge < -0.3 is 9.64 Å². The van der Waals surface area contributed by atoms with E-state index in [0.717, 1.165) is 41.7 Å². The molecular weight excluding hydrogens is 330 g/mol. The molecule has 1 aromatic heterocycles. The molecule has 26 heavy (non-hydrogen) atoms. The number of nitro groups is 1. The van der Waals surface area contributed by atoms with E-state index in [2.05, 4.69) is 11.0 Å². The highest BCUT2D eigenvalue weighted by molar-refractivity contribution is 5.80. The maximum absolute atomic E-state index is 11.3. The summed E-state index contributed by atoms with van der Waals surface area (Å²) < 4.78 is 5.42. The van der Waals surface area contributed by atoms with Crippen LogP contribution in [0.5, 0.6) is 5.75 Å². The number of hydrogen-bond donors (Lipinski definition) is 0. The Kier molecular flexibility index (Phi) is 4.16. The van der Waals surface area contributed by atoms with Crippen LogP contribution in [0.4, 0.5) is 11.5 Å². The molecule has 6 nitrogen and oxygen atoms in total. The van der Waals surface area contributed by atoms with Crippen molar-refractivity contribution in [2.45, 2.75) is 18.9 Å². The monoisotopic (exact) mass is 349 g/mol. The molecule has 132 valence electrons. The van der Waals surface area contributed by atoms with Crippen LogP contribution in [0.15, 0.2) is 54.6 Å². The summed E-state index contributed by atoms with van der Waals surface area (Å²) in [5.41, 5.74) is 1.79. The zero-order valence-electron chi connectivity index (χ0n) is 14.5. The minimum atomic E-state index is -0.393. The van der Waals surface area contributed by atoms with E-state index in [1.807, 2.05) is 36.4 Å². The van der Waals surface area contributed by atoms with Crippen LogP contribution in [0.1, 0.15) is 24.4 Å². The number of rotatable bonds is 4. The van der Waals surface area contributed by atoms with Crippen LogP contribution in [-0.2, 0) is 0 Å². The number of ether oxygens (including phenoxy) is 1. The molecule has 0 amide bonds. The summed E-state index contributed by atoms with van der Waals surface area (Å²) in [4.78, 5) is 18.0. The highest BCUT2D eigenvalue weighted by Gasteiger charge is 2.32. The third-order valence-electron chi connectivity index (χ3n) is 4.92. The number of aromatic nitrogens is 1. The molecule has 1 saturated heterocycles. The number of fused-ring (bicyclic) bond motifs is 1. The summed E-state index contributed by atoms with van der Waals surface area (Å²) in [6, 6.07) is 17.2. The number of methoxy groups -OCH3 is 1. The highest BCUT2D eigenvalue weighted by atomic mass is 16.6. The van der Waals surface area contributed by atoms with Gasteiger partial charge in [0.05, 0.1) is 23.6 Å². The Morgan fingerprint density at radius 2 is 2.00 bits per heavy atom. The van der Waals surface area contributed by atoms with Gasteiger partial charge in [-0.2, -0.15) is 0 Å². The van der Waals surface area contributed by atoms with Gasteiger partial charge in [0.25, 0.3) is 0 Å². The summed E-state index contributed by atoms with van der Waals surface area (Å²) in [6.45, 7) is 0.863. The van der Waals surface area contributed by atoms with Crippen molar-refractivity contribution in [1.29, 1.82) is 0 Å². The fraction of sp³-hybridized carbons (Fsp3) is 0.250. The highest BCUT2D eigenvalue weighted by Crippen LogP contribution is 2.42. The molecule has 0 aliphatic carbocycles. The maximum Gasteiger partial charge on any atom is 0.311 e. The molecule has 1 aliphatic rings. The van der Waals surface area contributed by atoms with Gasteiger partial charge in [-0.3, -0.25) is 10.1 Å². The Morgan fingerprint density at radius 3 is 2.81 bits per heavy atom. The minimum Gasteiger partial charge on any atom is -0.490 e. The Balaban J connectivity index is 1.77. The van der Waals surface area contributed by atoms with E-state index >= 15 is 0 Å². The summed E-state index contributed by atoms with van der Waals surface area (Å²) in [5, 5.41) is 12.4. The minimum absolute atomic E-state index is 0.00307. The summed E-state index contributed by atoms with van der Waals surface area (Å²) >= 11 is 0.